The first-order valence-electron chi connectivity index (χ1n) is 5.37. The van der Waals surface area contributed by atoms with Crippen LogP contribution in [0.15, 0.2) is 18.2 Å². The highest BCUT2D eigenvalue weighted by atomic mass is 35.5. The zero-order valence-electron chi connectivity index (χ0n) is 10.2. The van der Waals surface area contributed by atoms with Gasteiger partial charge in [-0.1, -0.05) is 29.3 Å². The summed E-state index contributed by atoms with van der Waals surface area (Å²) in [7, 11) is 1.43. The third-order valence-corrected chi connectivity index (χ3v) is 4.02. The third kappa shape index (κ3) is 3.04. The monoisotopic (exact) mass is 333 g/mol. The van der Waals surface area contributed by atoms with Crippen LogP contribution in [0, 0.1) is 0 Å². The minimum Gasteiger partial charge on any atom is -0.493 e. The number of rotatable bonds is 4. The van der Waals surface area contributed by atoms with Gasteiger partial charge in [0.15, 0.2) is 17.2 Å². The highest BCUT2D eigenvalue weighted by Gasteiger charge is 2.21. The first kappa shape index (κ1) is 15.1. The van der Waals surface area contributed by atoms with Crippen LogP contribution >= 0.6 is 34.7 Å². The molecule has 1 aromatic carbocycles. The average molecular weight is 334 g/mol. The normalized spacial score (nSPS) is 10.4. The zero-order valence-corrected chi connectivity index (χ0v) is 12.6. The molecule has 0 spiro atoms. The Balaban J connectivity index is 2.25. The summed E-state index contributed by atoms with van der Waals surface area (Å²) in [5, 5.41) is 9.11. The van der Waals surface area contributed by atoms with Crippen LogP contribution in [0.2, 0.25) is 9.36 Å². The Bertz CT molecular complexity index is 644. The van der Waals surface area contributed by atoms with Gasteiger partial charge in [0.05, 0.1) is 13.7 Å². The molecule has 0 aliphatic rings. The summed E-state index contributed by atoms with van der Waals surface area (Å²) in [5.74, 6) is -0.203. The van der Waals surface area contributed by atoms with Crippen LogP contribution < -0.4 is 9.47 Å². The Hall–Kier alpha value is -1.34. The van der Waals surface area contributed by atoms with Gasteiger partial charge in [0.2, 0.25) is 0 Å². The maximum atomic E-state index is 11.9. The molecule has 106 valence electrons. The first-order chi connectivity index (χ1) is 9.56. The van der Waals surface area contributed by atoms with E-state index in [0.29, 0.717) is 11.3 Å². The average Bonchev–Trinajstić information content (AvgIpc) is 2.79. The molecule has 0 saturated carbocycles. The van der Waals surface area contributed by atoms with Gasteiger partial charge < -0.3 is 14.6 Å². The van der Waals surface area contributed by atoms with Crippen molar-refractivity contribution >= 4 is 40.7 Å². The minimum atomic E-state index is -0.729. The molecular weight excluding hydrogens is 325 g/mol. The van der Waals surface area contributed by atoms with Crippen molar-refractivity contribution in [2.24, 2.45) is 0 Å². The van der Waals surface area contributed by atoms with E-state index in [1.165, 1.54) is 13.2 Å². The Morgan fingerprint density at radius 2 is 2.15 bits per heavy atom. The molecule has 2 rings (SSSR count). The predicted octanol–water partition coefficient (Wildman–Crippen LogP) is 3.17. The van der Waals surface area contributed by atoms with Gasteiger partial charge in [-0.25, -0.2) is 4.79 Å². The van der Waals surface area contributed by atoms with Crippen LogP contribution in [0.3, 0.4) is 0 Å². The van der Waals surface area contributed by atoms with Gasteiger partial charge in [-0.2, -0.15) is 4.37 Å². The lowest BCUT2D eigenvalue weighted by molar-refractivity contribution is 0.0725. The smallest absolute Gasteiger partial charge is 0.365 e. The summed E-state index contributed by atoms with van der Waals surface area (Å²) in [4.78, 5) is 11.9. The topological polar surface area (TPSA) is 68.7 Å². The van der Waals surface area contributed by atoms with E-state index < -0.39 is 5.97 Å². The largest absolute Gasteiger partial charge is 0.493 e. The lowest BCUT2D eigenvalue weighted by atomic mass is 10.2. The van der Waals surface area contributed by atoms with E-state index in [1.807, 2.05) is 0 Å². The van der Waals surface area contributed by atoms with Crippen LogP contribution in [0.1, 0.15) is 16.1 Å². The molecule has 8 heteroatoms. The maximum Gasteiger partial charge on any atom is 0.365 e. The molecule has 0 bridgehead atoms. The molecule has 0 radical (unpaired) electrons. The van der Waals surface area contributed by atoms with Crippen molar-refractivity contribution in [3.63, 3.8) is 0 Å². The van der Waals surface area contributed by atoms with Gasteiger partial charge in [0.1, 0.15) is 9.36 Å². The fraction of sp³-hybridized carbons (Fsp3) is 0.167. The number of benzene rings is 1. The van der Waals surface area contributed by atoms with Gasteiger partial charge in [0, 0.05) is 0 Å². The molecule has 1 aromatic heterocycles. The number of carbonyl (C=O) groups is 1. The van der Waals surface area contributed by atoms with Gasteiger partial charge in [-0.15, -0.1) is 0 Å². The van der Waals surface area contributed by atoms with Crippen LogP contribution in [-0.4, -0.2) is 22.6 Å². The fourth-order valence-electron chi connectivity index (χ4n) is 1.43. The number of aromatic nitrogens is 1. The molecule has 20 heavy (non-hydrogen) atoms. The summed E-state index contributed by atoms with van der Waals surface area (Å²) in [6.07, 6.45) is 0. The molecule has 0 amide bonds. The molecular formula is C12H9Cl2NO4S. The molecule has 0 aliphatic carbocycles. The number of ether oxygens (including phenoxy) is 2. The van der Waals surface area contributed by atoms with E-state index in [2.05, 4.69) is 4.37 Å². The van der Waals surface area contributed by atoms with E-state index in [9.17, 15) is 4.79 Å². The van der Waals surface area contributed by atoms with E-state index in [1.54, 1.807) is 12.1 Å². The van der Waals surface area contributed by atoms with Crippen molar-refractivity contribution in [3.8, 4) is 11.5 Å². The molecule has 1 N–H and O–H groups in total. The summed E-state index contributed by atoms with van der Waals surface area (Å²) < 4.78 is 14.3. The SMILES string of the molecule is COc1cc(CO)ccc1OC(=O)c1nsc(Cl)c1Cl. The number of carbonyl (C=O) groups excluding carboxylic acids is 1. The number of aliphatic hydroxyl groups is 1. The summed E-state index contributed by atoms with van der Waals surface area (Å²) >= 11 is 12.5. The van der Waals surface area contributed by atoms with Gasteiger partial charge >= 0.3 is 5.97 Å². The number of esters is 1. The number of methoxy groups -OCH3 is 1. The minimum absolute atomic E-state index is 0.0463. The Morgan fingerprint density at radius 3 is 2.70 bits per heavy atom. The first-order valence-corrected chi connectivity index (χ1v) is 6.90. The lowest BCUT2D eigenvalue weighted by Crippen LogP contribution is -2.10. The number of hydrogen-bond donors (Lipinski definition) is 1. The van der Waals surface area contributed by atoms with E-state index >= 15 is 0 Å². The second-order valence-corrected chi connectivity index (χ2v) is 5.41. The Kier molecular flexibility index (Phi) is 4.82. The molecule has 0 atom stereocenters. The van der Waals surface area contributed by atoms with Crippen molar-refractivity contribution in [3.05, 3.63) is 38.8 Å². The summed E-state index contributed by atoms with van der Waals surface area (Å²) in [6.45, 7) is -0.141. The second-order valence-electron chi connectivity index (χ2n) is 3.65. The maximum absolute atomic E-state index is 11.9. The molecule has 0 unspecified atom stereocenters. The van der Waals surface area contributed by atoms with Crippen molar-refractivity contribution in [2.75, 3.05) is 7.11 Å². The van der Waals surface area contributed by atoms with Crippen molar-refractivity contribution in [1.82, 2.24) is 4.37 Å². The quantitative estimate of drug-likeness (QED) is 0.687. The molecule has 0 aliphatic heterocycles. The number of hydrogen-bond acceptors (Lipinski definition) is 6. The van der Waals surface area contributed by atoms with Crippen LogP contribution in [-0.2, 0) is 6.61 Å². The van der Waals surface area contributed by atoms with E-state index in [0.717, 1.165) is 11.5 Å². The highest BCUT2D eigenvalue weighted by Crippen LogP contribution is 2.32. The van der Waals surface area contributed by atoms with E-state index in [4.69, 9.17) is 37.8 Å². The van der Waals surface area contributed by atoms with Crippen molar-refractivity contribution < 1.29 is 19.4 Å². The van der Waals surface area contributed by atoms with Crippen LogP contribution in [0.5, 0.6) is 11.5 Å². The van der Waals surface area contributed by atoms with Gasteiger partial charge in [0.25, 0.3) is 0 Å². The van der Waals surface area contributed by atoms with Gasteiger partial charge in [-0.3, -0.25) is 0 Å². The zero-order chi connectivity index (χ0) is 14.7. The summed E-state index contributed by atoms with van der Waals surface area (Å²) in [6, 6.07) is 4.70. The summed E-state index contributed by atoms with van der Waals surface area (Å²) in [5.41, 5.74) is 0.589. The number of nitrogens with zero attached hydrogens (tertiary/aromatic N) is 1. The van der Waals surface area contributed by atoms with Crippen LogP contribution in [0.4, 0.5) is 0 Å². The standard InChI is InChI=1S/C12H9Cl2NO4S/c1-18-8-4-6(5-16)2-3-7(8)19-12(17)10-9(13)11(14)20-15-10/h2-4,16H,5H2,1H3. The second kappa shape index (κ2) is 6.41. The molecule has 0 saturated heterocycles. The van der Waals surface area contributed by atoms with Gasteiger partial charge in [-0.05, 0) is 29.2 Å². The van der Waals surface area contributed by atoms with Crippen LogP contribution in [0.25, 0.3) is 0 Å². The Labute approximate surface area is 128 Å². The predicted molar refractivity (Wildman–Crippen MR) is 76.0 cm³/mol. The Morgan fingerprint density at radius 1 is 1.40 bits per heavy atom. The van der Waals surface area contributed by atoms with Crippen molar-refractivity contribution in [2.45, 2.75) is 6.61 Å². The number of aliphatic hydroxyl groups excluding tert-OH is 1. The molecule has 2 aromatic rings. The third-order valence-electron chi connectivity index (χ3n) is 2.40. The highest BCUT2D eigenvalue weighted by molar-refractivity contribution is 7.11. The number of halogens is 2. The molecule has 0 fully saturated rings. The molecule has 5 nitrogen and oxygen atoms in total. The molecule has 1 heterocycles. The lowest BCUT2D eigenvalue weighted by Gasteiger charge is -2.09. The fourth-order valence-corrected chi connectivity index (χ4v) is 2.41. The van der Waals surface area contributed by atoms with E-state index in [-0.39, 0.29) is 27.4 Å². The van der Waals surface area contributed by atoms with Crippen molar-refractivity contribution in [1.29, 1.82) is 0 Å².